The first-order chi connectivity index (χ1) is 14.5. The minimum atomic E-state index is -0.255. The van der Waals surface area contributed by atoms with Crippen molar-refractivity contribution in [3.05, 3.63) is 53.4 Å². The summed E-state index contributed by atoms with van der Waals surface area (Å²) >= 11 is 1.35. The van der Waals surface area contributed by atoms with E-state index in [1.165, 1.54) is 16.9 Å². The van der Waals surface area contributed by atoms with E-state index in [0.29, 0.717) is 28.3 Å². The fourth-order valence-electron chi connectivity index (χ4n) is 2.89. The van der Waals surface area contributed by atoms with Crippen LogP contribution in [-0.2, 0) is 4.79 Å². The van der Waals surface area contributed by atoms with Crippen molar-refractivity contribution < 1.29 is 19.0 Å². The molecular weight excluding hydrogens is 400 g/mol. The fraction of sp³-hybridized carbons (Fsp3) is 0.304. The molecule has 1 aromatic heterocycles. The van der Waals surface area contributed by atoms with Gasteiger partial charge in [-0.15, -0.1) is 11.3 Å². The number of nitrogens with one attached hydrogen (secondary N) is 1. The largest absolute Gasteiger partial charge is 0.493 e. The summed E-state index contributed by atoms with van der Waals surface area (Å²) in [5, 5.41) is 5.17. The lowest BCUT2D eigenvalue weighted by molar-refractivity contribution is -0.118. The Morgan fingerprint density at radius 1 is 1.10 bits per heavy atom. The highest BCUT2D eigenvalue weighted by Crippen LogP contribution is 2.33. The number of hydrogen-bond acceptors (Lipinski definition) is 6. The monoisotopic (exact) mass is 426 g/mol. The van der Waals surface area contributed by atoms with Gasteiger partial charge in [-0.2, -0.15) is 0 Å². The number of aromatic nitrogens is 1. The number of carbonyl (C=O) groups excluding carboxylic acids is 1. The maximum atomic E-state index is 12.2. The molecule has 1 N–H and O–H groups in total. The van der Waals surface area contributed by atoms with Crippen molar-refractivity contribution in [2.24, 2.45) is 0 Å². The van der Waals surface area contributed by atoms with E-state index in [2.05, 4.69) is 24.1 Å². The van der Waals surface area contributed by atoms with E-state index in [-0.39, 0.29) is 12.5 Å². The van der Waals surface area contributed by atoms with Crippen LogP contribution in [0.15, 0.2) is 47.8 Å². The Kier molecular flexibility index (Phi) is 7.30. The van der Waals surface area contributed by atoms with Crippen LogP contribution in [0.2, 0.25) is 0 Å². The van der Waals surface area contributed by atoms with Crippen molar-refractivity contribution in [3.63, 3.8) is 0 Å². The summed E-state index contributed by atoms with van der Waals surface area (Å²) in [7, 11) is 3.18. The zero-order valence-corrected chi connectivity index (χ0v) is 18.4. The summed E-state index contributed by atoms with van der Waals surface area (Å²) < 4.78 is 16.2. The molecule has 30 heavy (non-hydrogen) atoms. The third kappa shape index (κ3) is 5.30. The Labute approximate surface area is 180 Å². The lowest BCUT2D eigenvalue weighted by atomic mass is 9.99. The number of rotatable bonds is 9. The quantitative estimate of drug-likeness (QED) is 0.499. The second-order valence-electron chi connectivity index (χ2n) is 6.82. The van der Waals surface area contributed by atoms with Crippen LogP contribution in [0.3, 0.4) is 0 Å². The number of carbonyl (C=O) groups is 1. The molecule has 3 aromatic rings. The molecule has 0 saturated heterocycles. The Morgan fingerprint density at radius 2 is 1.83 bits per heavy atom. The highest BCUT2D eigenvalue weighted by atomic mass is 32.1. The van der Waals surface area contributed by atoms with Gasteiger partial charge in [-0.3, -0.25) is 10.1 Å². The molecule has 1 unspecified atom stereocenters. The van der Waals surface area contributed by atoms with Gasteiger partial charge in [0.15, 0.2) is 23.2 Å². The molecule has 0 fully saturated rings. The van der Waals surface area contributed by atoms with Gasteiger partial charge in [0.05, 0.1) is 19.9 Å². The normalized spacial score (nSPS) is 11.6. The molecule has 158 valence electrons. The van der Waals surface area contributed by atoms with Crippen molar-refractivity contribution in [3.8, 4) is 28.5 Å². The third-order valence-corrected chi connectivity index (χ3v) is 5.62. The van der Waals surface area contributed by atoms with Crippen LogP contribution in [0.25, 0.3) is 11.3 Å². The molecule has 1 amide bonds. The molecule has 6 nitrogen and oxygen atoms in total. The van der Waals surface area contributed by atoms with Crippen molar-refractivity contribution in [1.29, 1.82) is 0 Å². The van der Waals surface area contributed by atoms with Crippen molar-refractivity contribution in [1.82, 2.24) is 4.98 Å². The SMILES string of the molecule is CCC(C)c1ccc(OCC(=O)Nc2nc(-c3ccc(OC)c(OC)c3)cs2)cc1. The molecule has 1 heterocycles. The second-order valence-corrected chi connectivity index (χ2v) is 7.68. The van der Waals surface area contributed by atoms with Crippen LogP contribution in [0.4, 0.5) is 5.13 Å². The summed E-state index contributed by atoms with van der Waals surface area (Å²) in [5.74, 6) is 2.20. The molecule has 0 aliphatic rings. The van der Waals surface area contributed by atoms with Gasteiger partial charge in [-0.05, 0) is 48.2 Å². The van der Waals surface area contributed by atoms with Crippen LogP contribution in [0, 0.1) is 0 Å². The summed E-state index contributed by atoms with van der Waals surface area (Å²) in [4.78, 5) is 16.7. The predicted molar refractivity (Wildman–Crippen MR) is 120 cm³/mol. The number of anilines is 1. The molecule has 0 aliphatic heterocycles. The Balaban J connectivity index is 1.57. The first-order valence-electron chi connectivity index (χ1n) is 9.74. The van der Waals surface area contributed by atoms with Crippen LogP contribution in [0.1, 0.15) is 31.7 Å². The maximum absolute atomic E-state index is 12.2. The van der Waals surface area contributed by atoms with E-state index in [1.807, 2.05) is 47.8 Å². The summed E-state index contributed by atoms with van der Waals surface area (Å²) in [5.41, 5.74) is 2.89. The van der Waals surface area contributed by atoms with Gasteiger partial charge >= 0.3 is 0 Å². The number of hydrogen-bond donors (Lipinski definition) is 1. The second kappa shape index (κ2) is 10.1. The molecule has 0 bridgehead atoms. The minimum absolute atomic E-state index is 0.0754. The van der Waals surface area contributed by atoms with E-state index < -0.39 is 0 Å². The smallest absolute Gasteiger partial charge is 0.264 e. The average Bonchev–Trinajstić information content (AvgIpc) is 3.25. The highest BCUT2D eigenvalue weighted by Gasteiger charge is 2.12. The average molecular weight is 427 g/mol. The standard InChI is InChI=1S/C23H26N2O4S/c1-5-15(2)16-6-9-18(10-7-16)29-13-22(26)25-23-24-19(14-30-23)17-8-11-20(27-3)21(12-17)28-4/h6-12,14-15H,5,13H2,1-4H3,(H,24,25,26). The van der Waals surface area contributed by atoms with Gasteiger partial charge in [0, 0.05) is 10.9 Å². The van der Waals surface area contributed by atoms with E-state index in [0.717, 1.165) is 17.7 Å². The zero-order valence-electron chi connectivity index (χ0n) is 17.6. The first kappa shape index (κ1) is 21.6. The number of nitrogens with zero attached hydrogens (tertiary/aromatic N) is 1. The summed E-state index contributed by atoms with van der Waals surface area (Å²) in [6, 6.07) is 13.4. The third-order valence-electron chi connectivity index (χ3n) is 4.86. The van der Waals surface area contributed by atoms with Crippen molar-refractivity contribution >= 4 is 22.4 Å². The Morgan fingerprint density at radius 3 is 2.50 bits per heavy atom. The van der Waals surface area contributed by atoms with Gasteiger partial charge in [0.2, 0.25) is 0 Å². The molecule has 2 aromatic carbocycles. The molecule has 0 aliphatic carbocycles. The summed E-state index contributed by atoms with van der Waals surface area (Å²) in [6.45, 7) is 4.27. The van der Waals surface area contributed by atoms with Gasteiger partial charge in [-0.25, -0.2) is 4.98 Å². The van der Waals surface area contributed by atoms with Crippen molar-refractivity contribution in [2.45, 2.75) is 26.2 Å². The van der Waals surface area contributed by atoms with Gasteiger partial charge in [0.1, 0.15) is 5.75 Å². The van der Waals surface area contributed by atoms with E-state index in [4.69, 9.17) is 14.2 Å². The number of ether oxygens (including phenoxy) is 3. The molecule has 7 heteroatoms. The number of methoxy groups -OCH3 is 2. The first-order valence-corrected chi connectivity index (χ1v) is 10.6. The van der Waals surface area contributed by atoms with Crippen LogP contribution < -0.4 is 19.5 Å². The molecule has 0 spiro atoms. The maximum Gasteiger partial charge on any atom is 0.264 e. The molecular formula is C23H26N2O4S. The predicted octanol–water partition coefficient (Wildman–Crippen LogP) is 5.36. The molecule has 1 atom stereocenters. The number of benzene rings is 2. The highest BCUT2D eigenvalue weighted by molar-refractivity contribution is 7.14. The van der Waals surface area contributed by atoms with Gasteiger partial charge < -0.3 is 14.2 Å². The lowest BCUT2D eigenvalue weighted by Gasteiger charge is -2.10. The van der Waals surface area contributed by atoms with Crippen LogP contribution in [0.5, 0.6) is 17.2 Å². The number of thiazole rings is 1. The fourth-order valence-corrected chi connectivity index (χ4v) is 3.63. The van der Waals surface area contributed by atoms with Gasteiger partial charge in [0.25, 0.3) is 5.91 Å². The molecule has 0 saturated carbocycles. The number of amides is 1. The molecule has 3 rings (SSSR count). The Bertz CT molecular complexity index is 985. The van der Waals surface area contributed by atoms with Crippen LogP contribution >= 0.6 is 11.3 Å². The van der Waals surface area contributed by atoms with Crippen LogP contribution in [-0.4, -0.2) is 31.7 Å². The molecule has 0 radical (unpaired) electrons. The van der Waals surface area contributed by atoms with E-state index in [9.17, 15) is 4.79 Å². The Hall–Kier alpha value is -3.06. The topological polar surface area (TPSA) is 69.7 Å². The van der Waals surface area contributed by atoms with E-state index >= 15 is 0 Å². The minimum Gasteiger partial charge on any atom is -0.493 e. The zero-order chi connectivity index (χ0) is 21.5. The lowest BCUT2D eigenvalue weighted by Crippen LogP contribution is -2.20. The van der Waals surface area contributed by atoms with E-state index in [1.54, 1.807) is 14.2 Å². The van der Waals surface area contributed by atoms with Gasteiger partial charge in [-0.1, -0.05) is 26.0 Å². The van der Waals surface area contributed by atoms with Crippen molar-refractivity contribution in [2.75, 3.05) is 26.1 Å². The summed E-state index contributed by atoms with van der Waals surface area (Å²) in [6.07, 6.45) is 1.09.